The van der Waals surface area contributed by atoms with Gasteiger partial charge in [-0.25, -0.2) is 4.79 Å². The third-order valence-corrected chi connectivity index (χ3v) is 2.40. The Hall–Kier alpha value is -0.810. The van der Waals surface area contributed by atoms with Crippen molar-refractivity contribution in [3.05, 3.63) is 0 Å². The van der Waals surface area contributed by atoms with Crippen LogP contribution in [0.25, 0.3) is 0 Å². The summed E-state index contributed by atoms with van der Waals surface area (Å²) in [6.07, 6.45) is 0.895. The number of nitrogens with one attached hydrogen (secondary N) is 2. The summed E-state index contributed by atoms with van der Waals surface area (Å²) >= 11 is 5.36. The SMILES string of the molecule is CC1(NC(=O)NC(=O)CCCl)CCOC1. The first-order valence-electron chi connectivity index (χ1n) is 4.81. The molecule has 15 heavy (non-hydrogen) atoms. The smallest absolute Gasteiger partial charge is 0.321 e. The number of alkyl halides is 1. The number of ether oxygens (including phenoxy) is 1. The summed E-state index contributed by atoms with van der Waals surface area (Å²) in [6.45, 7) is 2.99. The van der Waals surface area contributed by atoms with Crippen molar-refractivity contribution in [3.8, 4) is 0 Å². The topological polar surface area (TPSA) is 67.4 Å². The number of urea groups is 1. The average molecular weight is 235 g/mol. The summed E-state index contributed by atoms with van der Waals surface area (Å²) in [4.78, 5) is 22.4. The fraction of sp³-hybridized carbons (Fsp3) is 0.778. The molecule has 0 aromatic heterocycles. The maximum Gasteiger partial charge on any atom is 0.321 e. The third kappa shape index (κ3) is 4.05. The molecule has 2 N–H and O–H groups in total. The zero-order valence-corrected chi connectivity index (χ0v) is 9.39. The number of carbonyl (C=O) groups is 2. The Morgan fingerprint density at radius 1 is 1.53 bits per heavy atom. The molecular weight excluding hydrogens is 220 g/mol. The highest BCUT2D eigenvalue weighted by molar-refractivity contribution is 6.19. The fourth-order valence-electron chi connectivity index (χ4n) is 1.35. The zero-order valence-electron chi connectivity index (χ0n) is 8.64. The van der Waals surface area contributed by atoms with Crippen molar-refractivity contribution < 1.29 is 14.3 Å². The Labute approximate surface area is 93.5 Å². The van der Waals surface area contributed by atoms with Gasteiger partial charge in [-0.1, -0.05) is 0 Å². The van der Waals surface area contributed by atoms with E-state index in [0.717, 1.165) is 6.42 Å². The number of hydrogen-bond donors (Lipinski definition) is 2. The van der Waals surface area contributed by atoms with Gasteiger partial charge in [-0.05, 0) is 13.3 Å². The molecule has 1 unspecified atom stereocenters. The van der Waals surface area contributed by atoms with E-state index in [-0.39, 0.29) is 23.7 Å². The molecule has 0 spiro atoms. The van der Waals surface area contributed by atoms with Crippen molar-refractivity contribution in [2.45, 2.75) is 25.3 Å². The van der Waals surface area contributed by atoms with E-state index in [4.69, 9.17) is 16.3 Å². The highest BCUT2D eigenvalue weighted by Crippen LogP contribution is 2.16. The van der Waals surface area contributed by atoms with Gasteiger partial charge in [0.1, 0.15) is 0 Å². The van der Waals surface area contributed by atoms with Crippen LogP contribution in [0.4, 0.5) is 4.79 Å². The predicted octanol–water partition coefficient (Wildman–Crippen LogP) is 0.620. The van der Waals surface area contributed by atoms with E-state index in [0.29, 0.717) is 13.2 Å². The molecule has 1 saturated heterocycles. The van der Waals surface area contributed by atoms with Gasteiger partial charge < -0.3 is 10.1 Å². The lowest BCUT2D eigenvalue weighted by Crippen LogP contribution is -2.52. The Balaban J connectivity index is 2.32. The van der Waals surface area contributed by atoms with Gasteiger partial charge in [0.15, 0.2) is 0 Å². The van der Waals surface area contributed by atoms with Crippen LogP contribution in [0.3, 0.4) is 0 Å². The van der Waals surface area contributed by atoms with Crippen molar-refractivity contribution >= 4 is 23.5 Å². The van der Waals surface area contributed by atoms with Crippen molar-refractivity contribution in [1.29, 1.82) is 0 Å². The van der Waals surface area contributed by atoms with Gasteiger partial charge in [0, 0.05) is 18.9 Å². The van der Waals surface area contributed by atoms with Crippen LogP contribution >= 0.6 is 11.6 Å². The normalized spacial score (nSPS) is 24.9. The van der Waals surface area contributed by atoms with Gasteiger partial charge >= 0.3 is 6.03 Å². The van der Waals surface area contributed by atoms with E-state index < -0.39 is 6.03 Å². The van der Waals surface area contributed by atoms with Gasteiger partial charge in [-0.3, -0.25) is 10.1 Å². The first-order valence-corrected chi connectivity index (χ1v) is 5.35. The zero-order chi connectivity index (χ0) is 11.3. The van der Waals surface area contributed by atoms with E-state index in [1.165, 1.54) is 0 Å². The molecule has 1 rings (SSSR count). The van der Waals surface area contributed by atoms with Crippen LogP contribution < -0.4 is 10.6 Å². The minimum atomic E-state index is -0.488. The van der Waals surface area contributed by atoms with Crippen LogP contribution in [0.2, 0.25) is 0 Å². The summed E-state index contributed by atoms with van der Waals surface area (Å²) < 4.78 is 5.16. The van der Waals surface area contributed by atoms with E-state index in [1.807, 2.05) is 6.92 Å². The van der Waals surface area contributed by atoms with Gasteiger partial charge in [-0.15, -0.1) is 11.6 Å². The molecule has 1 atom stereocenters. The lowest BCUT2D eigenvalue weighted by molar-refractivity contribution is -0.119. The van der Waals surface area contributed by atoms with Gasteiger partial charge in [0.2, 0.25) is 5.91 Å². The van der Waals surface area contributed by atoms with Crippen molar-refractivity contribution in [3.63, 3.8) is 0 Å². The Morgan fingerprint density at radius 2 is 2.27 bits per heavy atom. The molecule has 86 valence electrons. The monoisotopic (exact) mass is 234 g/mol. The van der Waals surface area contributed by atoms with Crippen LogP contribution in [-0.2, 0) is 9.53 Å². The summed E-state index contributed by atoms with van der Waals surface area (Å²) in [5, 5.41) is 4.91. The Morgan fingerprint density at radius 3 is 2.80 bits per heavy atom. The highest BCUT2D eigenvalue weighted by atomic mass is 35.5. The second kappa shape index (κ2) is 5.32. The Kier molecular flexibility index (Phi) is 4.35. The van der Waals surface area contributed by atoms with Crippen molar-refractivity contribution in [2.75, 3.05) is 19.1 Å². The molecule has 0 aromatic carbocycles. The van der Waals surface area contributed by atoms with Crippen LogP contribution in [0.15, 0.2) is 0 Å². The number of amides is 3. The number of carbonyl (C=O) groups excluding carboxylic acids is 2. The van der Waals surface area contributed by atoms with Crippen LogP contribution in [-0.4, -0.2) is 36.6 Å². The molecule has 0 aromatic rings. The van der Waals surface area contributed by atoms with Crippen molar-refractivity contribution in [2.24, 2.45) is 0 Å². The predicted molar refractivity (Wildman–Crippen MR) is 55.9 cm³/mol. The maximum absolute atomic E-state index is 11.3. The minimum absolute atomic E-state index is 0.141. The minimum Gasteiger partial charge on any atom is -0.379 e. The second-order valence-corrected chi connectivity index (χ2v) is 4.18. The molecule has 3 amide bonds. The maximum atomic E-state index is 11.3. The summed E-state index contributed by atoms with van der Waals surface area (Å²) in [5.41, 5.74) is -0.370. The number of hydrogen-bond acceptors (Lipinski definition) is 3. The highest BCUT2D eigenvalue weighted by Gasteiger charge is 2.31. The molecule has 1 heterocycles. The number of halogens is 1. The molecule has 5 nitrogen and oxygen atoms in total. The molecule has 1 aliphatic rings. The van der Waals surface area contributed by atoms with E-state index in [1.54, 1.807) is 0 Å². The standard InChI is InChI=1S/C9H15ClN2O3/c1-9(3-5-15-6-9)12-8(14)11-7(13)2-4-10/h2-6H2,1H3,(H2,11,12,13,14). The number of rotatable bonds is 3. The van der Waals surface area contributed by atoms with Gasteiger partial charge in [0.25, 0.3) is 0 Å². The first-order chi connectivity index (χ1) is 7.06. The molecule has 1 aliphatic heterocycles. The molecule has 6 heteroatoms. The number of imide groups is 1. The summed E-state index contributed by atoms with van der Waals surface area (Å²) in [6, 6.07) is -0.488. The Bertz CT molecular complexity index is 252. The molecule has 0 aliphatic carbocycles. The van der Waals surface area contributed by atoms with Gasteiger partial charge in [0.05, 0.1) is 12.1 Å². The second-order valence-electron chi connectivity index (χ2n) is 3.80. The van der Waals surface area contributed by atoms with E-state index in [9.17, 15) is 9.59 Å². The molecule has 1 fully saturated rings. The molecule has 0 radical (unpaired) electrons. The van der Waals surface area contributed by atoms with Crippen LogP contribution in [0, 0.1) is 0 Å². The van der Waals surface area contributed by atoms with Gasteiger partial charge in [-0.2, -0.15) is 0 Å². The van der Waals surface area contributed by atoms with Crippen LogP contribution in [0.5, 0.6) is 0 Å². The van der Waals surface area contributed by atoms with E-state index >= 15 is 0 Å². The van der Waals surface area contributed by atoms with Crippen LogP contribution in [0.1, 0.15) is 19.8 Å². The summed E-state index contributed by atoms with van der Waals surface area (Å²) in [7, 11) is 0. The first kappa shape index (κ1) is 12.3. The van der Waals surface area contributed by atoms with Crippen molar-refractivity contribution in [1.82, 2.24) is 10.6 Å². The van der Waals surface area contributed by atoms with E-state index in [2.05, 4.69) is 10.6 Å². The molecule has 0 bridgehead atoms. The largest absolute Gasteiger partial charge is 0.379 e. The lowest BCUT2D eigenvalue weighted by Gasteiger charge is -2.23. The fourth-order valence-corrected chi connectivity index (χ4v) is 1.52. The lowest BCUT2D eigenvalue weighted by atomic mass is 10.0. The quantitative estimate of drug-likeness (QED) is 0.704. The molecular formula is C9H15ClN2O3. The third-order valence-electron chi connectivity index (χ3n) is 2.21. The molecule has 0 saturated carbocycles. The average Bonchev–Trinajstić information content (AvgIpc) is 2.51. The summed E-state index contributed by atoms with van der Waals surface area (Å²) in [5.74, 6) is -0.163.